The zero-order valence-corrected chi connectivity index (χ0v) is 29.5. The van der Waals surface area contributed by atoms with Crippen molar-refractivity contribution in [3.63, 3.8) is 0 Å². The Morgan fingerprint density at radius 3 is 1.60 bits per heavy atom. The van der Waals surface area contributed by atoms with Gasteiger partial charge in [0, 0.05) is 27.5 Å². The van der Waals surface area contributed by atoms with Crippen LogP contribution in [0.4, 0.5) is 0 Å². The van der Waals surface area contributed by atoms with Gasteiger partial charge in [0.25, 0.3) is 0 Å². The van der Waals surface area contributed by atoms with Crippen LogP contribution in [0.5, 0.6) is 0 Å². The fourth-order valence-corrected chi connectivity index (χ4v) is 8.58. The average Bonchev–Trinajstić information content (AvgIpc) is 3.70. The average molecular weight is 667 g/mol. The minimum atomic E-state index is 1.05. The molecule has 0 N–H and O–H groups in total. The maximum absolute atomic E-state index is 2.46. The number of para-hydroxylation sites is 2. The van der Waals surface area contributed by atoms with Gasteiger partial charge >= 0.3 is 0 Å². The van der Waals surface area contributed by atoms with Gasteiger partial charge in [-0.2, -0.15) is 0 Å². The van der Waals surface area contributed by atoms with Gasteiger partial charge in [-0.1, -0.05) is 121 Å². The normalized spacial score (nSPS) is 12.8. The molecule has 2 heterocycles. The lowest BCUT2D eigenvalue weighted by Crippen LogP contribution is -2.03. The second kappa shape index (κ2) is 12.1. The van der Waals surface area contributed by atoms with Gasteiger partial charge < -0.3 is 9.13 Å². The molecule has 10 rings (SSSR count). The Morgan fingerprint density at radius 1 is 0.404 bits per heavy atom. The van der Waals surface area contributed by atoms with Crippen molar-refractivity contribution >= 4 is 44.4 Å². The molecule has 2 nitrogen and oxygen atoms in total. The third-order valence-electron chi connectivity index (χ3n) is 11.2. The third-order valence-corrected chi connectivity index (χ3v) is 11.2. The van der Waals surface area contributed by atoms with Crippen LogP contribution >= 0.6 is 0 Å². The van der Waals surface area contributed by atoms with Crippen LogP contribution in [0, 0.1) is 13.8 Å². The van der Waals surface area contributed by atoms with E-state index < -0.39 is 0 Å². The van der Waals surface area contributed by atoms with E-state index in [0.29, 0.717) is 0 Å². The van der Waals surface area contributed by atoms with Crippen molar-refractivity contribution in [1.29, 1.82) is 0 Å². The molecule has 0 aliphatic heterocycles. The molecule has 0 spiro atoms. The van der Waals surface area contributed by atoms with E-state index in [1.54, 1.807) is 0 Å². The van der Waals surface area contributed by atoms with E-state index >= 15 is 0 Å². The Morgan fingerprint density at radius 2 is 0.923 bits per heavy atom. The Kier molecular flexibility index (Phi) is 7.11. The molecule has 0 saturated carbocycles. The number of nitrogens with zero attached hydrogens (tertiary/aromatic N) is 2. The Labute approximate surface area is 304 Å². The summed E-state index contributed by atoms with van der Waals surface area (Å²) in [5, 5.41) is 3.90. The highest BCUT2D eigenvalue weighted by Gasteiger charge is 2.22. The first-order valence-electron chi connectivity index (χ1n) is 18.3. The fraction of sp³-hybridized carbons (Fsp3) is 0.0800. The second-order valence-electron chi connectivity index (χ2n) is 14.2. The summed E-state index contributed by atoms with van der Waals surface area (Å²) in [5.74, 6) is 0. The summed E-state index contributed by atoms with van der Waals surface area (Å²) < 4.78 is 4.88. The van der Waals surface area contributed by atoms with E-state index in [1.165, 1.54) is 94.2 Å². The lowest BCUT2D eigenvalue weighted by molar-refractivity contribution is 0.979. The highest BCUT2D eigenvalue weighted by molar-refractivity contribution is 6.10. The number of aromatic nitrogens is 2. The van der Waals surface area contributed by atoms with Gasteiger partial charge in [0.05, 0.1) is 22.2 Å². The van der Waals surface area contributed by atoms with Gasteiger partial charge in [-0.05, 0) is 125 Å². The molecule has 2 aromatic heterocycles. The molecule has 7 aromatic carbocycles. The molecular weight excluding hydrogens is 629 g/mol. The molecule has 0 amide bonds. The zero-order chi connectivity index (χ0) is 34.8. The molecule has 0 fully saturated rings. The predicted molar refractivity (Wildman–Crippen MR) is 221 cm³/mol. The zero-order valence-electron chi connectivity index (χ0n) is 29.5. The van der Waals surface area contributed by atoms with Crippen LogP contribution in [0.3, 0.4) is 0 Å². The summed E-state index contributed by atoms with van der Waals surface area (Å²) >= 11 is 0. The van der Waals surface area contributed by atoms with Gasteiger partial charge in [0.1, 0.15) is 0 Å². The summed E-state index contributed by atoms with van der Waals surface area (Å²) in [7, 11) is 0. The Bertz CT molecular complexity index is 2840. The Hall–Kier alpha value is -6.38. The SMILES string of the molecule is Cc1ccccc1C1=Cc2c(c3ccccc3n2-c2ccc(-c3ccc(-n4c5ccccc5c5ccc(-c6ccccc6C)cc54)cc3)cc2)CC1. The van der Waals surface area contributed by atoms with Gasteiger partial charge in [-0.25, -0.2) is 0 Å². The minimum absolute atomic E-state index is 1.05. The molecule has 0 radical (unpaired) electrons. The quantitative estimate of drug-likeness (QED) is 0.173. The number of fused-ring (bicyclic) bond motifs is 6. The molecule has 1 aliphatic carbocycles. The topological polar surface area (TPSA) is 9.86 Å². The van der Waals surface area contributed by atoms with Gasteiger partial charge in [-0.15, -0.1) is 0 Å². The standard InChI is InChI=1S/C50H38N2/c1-33-11-3-5-13-41(33)37-23-29-45-43-15-7-9-17-47(43)51(49(45)31-37)39-25-19-35(20-26-39)36-21-27-40(28-22-36)52-48-18-10-8-16-44(48)46-30-24-38(32-50(46)52)42-14-6-4-12-34(42)2/h3-23,25-29,31-32H,24,30H2,1-2H3. The summed E-state index contributed by atoms with van der Waals surface area (Å²) in [4.78, 5) is 0. The lowest BCUT2D eigenvalue weighted by Gasteiger charge is -2.18. The molecule has 2 heteroatoms. The highest BCUT2D eigenvalue weighted by atomic mass is 15.0. The van der Waals surface area contributed by atoms with Gasteiger partial charge in [-0.3, -0.25) is 0 Å². The molecule has 248 valence electrons. The molecule has 0 bridgehead atoms. The van der Waals surface area contributed by atoms with E-state index in [4.69, 9.17) is 0 Å². The smallest absolute Gasteiger partial charge is 0.0547 e. The minimum Gasteiger partial charge on any atom is -0.310 e. The third kappa shape index (κ3) is 4.86. The van der Waals surface area contributed by atoms with Crippen LogP contribution in [0.1, 0.15) is 34.4 Å². The molecule has 9 aromatic rings. The number of hydrogen-bond donors (Lipinski definition) is 0. The van der Waals surface area contributed by atoms with Crippen molar-refractivity contribution in [2.45, 2.75) is 26.7 Å². The van der Waals surface area contributed by atoms with Crippen LogP contribution in [-0.2, 0) is 6.42 Å². The predicted octanol–water partition coefficient (Wildman–Crippen LogP) is 13.2. The first kappa shape index (κ1) is 30.4. The number of rotatable bonds is 5. The van der Waals surface area contributed by atoms with Crippen LogP contribution in [0.15, 0.2) is 164 Å². The largest absolute Gasteiger partial charge is 0.310 e. The number of aryl methyl sites for hydroxylation is 3. The monoisotopic (exact) mass is 666 g/mol. The maximum atomic E-state index is 2.46. The number of allylic oxidation sites excluding steroid dienone is 1. The first-order chi connectivity index (χ1) is 25.6. The second-order valence-corrected chi connectivity index (χ2v) is 14.2. The summed E-state index contributed by atoms with van der Waals surface area (Å²) in [6.45, 7) is 4.41. The van der Waals surface area contributed by atoms with Crippen molar-refractivity contribution in [3.05, 3.63) is 192 Å². The number of benzene rings is 7. The van der Waals surface area contributed by atoms with Crippen LogP contribution < -0.4 is 0 Å². The highest BCUT2D eigenvalue weighted by Crippen LogP contribution is 2.40. The molecule has 1 aliphatic rings. The van der Waals surface area contributed by atoms with Crippen LogP contribution in [-0.4, -0.2) is 9.13 Å². The van der Waals surface area contributed by atoms with Gasteiger partial charge in [0.15, 0.2) is 0 Å². The summed E-state index contributed by atoms with van der Waals surface area (Å²) in [6, 6.07) is 60.1. The molecule has 0 unspecified atom stereocenters. The van der Waals surface area contributed by atoms with E-state index in [-0.39, 0.29) is 0 Å². The van der Waals surface area contributed by atoms with Crippen LogP contribution in [0.2, 0.25) is 0 Å². The first-order valence-corrected chi connectivity index (χ1v) is 18.3. The molecule has 52 heavy (non-hydrogen) atoms. The van der Waals surface area contributed by atoms with E-state index in [2.05, 4.69) is 193 Å². The van der Waals surface area contributed by atoms with E-state index in [1.807, 2.05) is 0 Å². The van der Waals surface area contributed by atoms with Crippen molar-refractivity contribution in [3.8, 4) is 33.6 Å². The molecular formula is C50H38N2. The molecule has 0 saturated heterocycles. The number of hydrogen-bond acceptors (Lipinski definition) is 0. The van der Waals surface area contributed by atoms with Gasteiger partial charge in [0.2, 0.25) is 0 Å². The Balaban J connectivity index is 1.03. The van der Waals surface area contributed by atoms with E-state index in [9.17, 15) is 0 Å². The fourth-order valence-electron chi connectivity index (χ4n) is 8.58. The van der Waals surface area contributed by atoms with E-state index in [0.717, 1.165) is 18.5 Å². The van der Waals surface area contributed by atoms with Crippen molar-refractivity contribution < 1.29 is 0 Å². The van der Waals surface area contributed by atoms with Crippen molar-refractivity contribution in [1.82, 2.24) is 9.13 Å². The van der Waals surface area contributed by atoms with Crippen molar-refractivity contribution in [2.24, 2.45) is 0 Å². The van der Waals surface area contributed by atoms with Crippen LogP contribution in [0.25, 0.3) is 78.0 Å². The summed E-state index contributed by atoms with van der Waals surface area (Å²) in [6.07, 6.45) is 4.54. The molecule has 0 atom stereocenters. The van der Waals surface area contributed by atoms with Crippen molar-refractivity contribution in [2.75, 3.05) is 0 Å². The lowest BCUT2D eigenvalue weighted by atomic mass is 9.89. The summed E-state index contributed by atoms with van der Waals surface area (Å²) in [5.41, 5.74) is 19.1. The maximum Gasteiger partial charge on any atom is 0.0547 e.